The zero-order valence-electron chi connectivity index (χ0n) is 23.4. The zero-order valence-corrected chi connectivity index (χ0v) is 23.4. The summed E-state index contributed by atoms with van der Waals surface area (Å²) in [5.41, 5.74) is 10.1. The summed E-state index contributed by atoms with van der Waals surface area (Å²) in [5, 5.41) is 0. The van der Waals surface area contributed by atoms with Crippen molar-refractivity contribution in [2.75, 3.05) is 0 Å². The molecule has 0 saturated heterocycles. The van der Waals surface area contributed by atoms with Crippen LogP contribution in [0.4, 0.5) is 0 Å². The predicted molar refractivity (Wildman–Crippen MR) is 145 cm³/mol. The van der Waals surface area contributed by atoms with Crippen LogP contribution in [0.2, 0.25) is 0 Å². The molecule has 6 rings (SSSR count). The van der Waals surface area contributed by atoms with Crippen LogP contribution in [0.15, 0.2) is 0 Å². The Morgan fingerprint density at radius 1 is 0.559 bits per heavy atom. The van der Waals surface area contributed by atoms with E-state index in [1.165, 1.54) is 122 Å². The lowest BCUT2D eigenvalue weighted by Crippen LogP contribution is -2.70. The van der Waals surface area contributed by atoms with Crippen LogP contribution in [0.1, 0.15) is 150 Å². The summed E-state index contributed by atoms with van der Waals surface area (Å²) < 4.78 is 0. The highest BCUT2D eigenvalue weighted by atomic mass is 14.9. The molecule has 0 aromatic rings. The molecule has 34 heavy (non-hydrogen) atoms. The fraction of sp³-hybridized carbons (Fsp3) is 1.00. The van der Waals surface area contributed by atoms with Crippen LogP contribution >= 0.6 is 0 Å². The molecule has 6 aliphatic rings. The van der Waals surface area contributed by atoms with Crippen molar-refractivity contribution < 1.29 is 0 Å². The summed E-state index contributed by atoms with van der Waals surface area (Å²) in [4.78, 5) is 0. The highest BCUT2D eigenvalue weighted by Gasteiger charge is 2.68. The quantitative estimate of drug-likeness (QED) is 0.439. The number of hydrogen-bond donors (Lipinski definition) is 1. The number of nitrogens with two attached hydrogens (primary N) is 1. The second-order valence-electron chi connectivity index (χ2n) is 16.1. The summed E-state index contributed by atoms with van der Waals surface area (Å²) in [6.07, 6.45) is 28.1. The molecule has 0 bridgehead atoms. The molecule has 1 heteroatoms. The highest BCUT2D eigenvalue weighted by Crippen LogP contribution is 2.73. The first-order valence-electron chi connectivity index (χ1n) is 15.9. The fourth-order valence-electron chi connectivity index (χ4n) is 13.1. The van der Waals surface area contributed by atoms with Crippen molar-refractivity contribution in [2.24, 2.45) is 57.0 Å². The lowest BCUT2D eigenvalue weighted by molar-refractivity contribution is -0.202. The predicted octanol–water partition coefficient (Wildman–Crippen LogP) is 9.28. The van der Waals surface area contributed by atoms with E-state index in [1.54, 1.807) is 0 Å². The van der Waals surface area contributed by atoms with Gasteiger partial charge in [-0.15, -0.1) is 0 Å². The Morgan fingerprint density at radius 2 is 1.26 bits per heavy atom. The van der Waals surface area contributed by atoms with Gasteiger partial charge in [0.1, 0.15) is 0 Å². The molecule has 6 fully saturated rings. The smallest absolute Gasteiger partial charge is 0.0222 e. The SMILES string of the molecule is CC1(C)CCCC2(C)C1CCC1(C)C2CCC2(N)C3CCCC3(CCC3CCCCC3)CCC12. The first kappa shape index (κ1) is 24.3. The van der Waals surface area contributed by atoms with Gasteiger partial charge in [0.25, 0.3) is 0 Å². The van der Waals surface area contributed by atoms with Crippen molar-refractivity contribution in [3.8, 4) is 0 Å². The maximum Gasteiger partial charge on any atom is 0.0222 e. The van der Waals surface area contributed by atoms with Gasteiger partial charge in [-0.05, 0) is 128 Å². The molecule has 0 aliphatic heterocycles. The van der Waals surface area contributed by atoms with Crippen LogP contribution in [-0.2, 0) is 0 Å². The molecule has 1 nitrogen and oxygen atoms in total. The van der Waals surface area contributed by atoms with Gasteiger partial charge in [0, 0.05) is 5.54 Å². The molecule has 0 spiro atoms. The van der Waals surface area contributed by atoms with E-state index in [0.717, 1.165) is 29.6 Å². The van der Waals surface area contributed by atoms with Crippen LogP contribution in [0.5, 0.6) is 0 Å². The van der Waals surface area contributed by atoms with Gasteiger partial charge < -0.3 is 5.73 Å². The third-order valence-electron chi connectivity index (χ3n) is 14.4. The molecule has 0 heterocycles. The Kier molecular flexibility index (Phi) is 5.88. The molecule has 2 N–H and O–H groups in total. The third kappa shape index (κ3) is 3.40. The van der Waals surface area contributed by atoms with Crippen molar-refractivity contribution in [2.45, 2.75) is 155 Å². The van der Waals surface area contributed by atoms with Crippen molar-refractivity contribution in [1.82, 2.24) is 0 Å². The van der Waals surface area contributed by atoms with Crippen LogP contribution in [0, 0.1) is 51.2 Å². The maximum atomic E-state index is 7.80. The zero-order chi connectivity index (χ0) is 23.8. The van der Waals surface area contributed by atoms with E-state index in [9.17, 15) is 0 Å². The van der Waals surface area contributed by atoms with Crippen LogP contribution in [0.3, 0.4) is 0 Å². The van der Waals surface area contributed by atoms with Crippen LogP contribution in [0.25, 0.3) is 0 Å². The van der Waals surface area contributed by atoms with Crippen molar-refractivity contribution in [3.05, 3.63) is 0 Å². The van der Waals surface area contributed by atoms with Crippen molar-refractivity contribution in [3.63, 3.8) is 0 Å². The number of fused-ring (bicyclic) bond motifs is 7. The van der Waals surface area contributed by atoms with E-state index in [-0.39, 0.29) is 5.54 Å². The monoisotopic (exact) mass is 467 g/mol. The van der Waals surface area contributed by atoms with E-state index in [0.29, 0.717) is 21.7 Å². The maximum absolute atomic E-state index is 7.80. The Labute approximate surface area is 212 Å². The average Bonchev–Trinajstić information content (AvgIpc) is 3.23. The van der Waals surface area contributed by atoms with Crippen LogP contribution < -0.4 is 5.73 Å². The summed E-state index contributed by atoms with van der Waals surface area (Å²) in [5.74, 6) is 4.49. The van der Waals surface area contributed by atoms with Gasteiger partial charge in [0.15, 0.2) is 0 Å². The Hall–Kier alpha value is -0.0400. The molecular weight excluding hydrogens is 410 g/mol. The molecule has 6 aliphatic carbocycles. The van der Waals surface area contributed by atoms with E-state index in [2.05, 4.69) is 27.7 Å². The minimum Gasteiger partial charge on any atom is -0.325 e. The molecule has 0 amide bonds. The summed E-state index contributed by atoms with van der Waals surface area (Å²) in [6, 6.07) is 0. The number of rotatable bonds is 3. The topological polar surface area (TPSA) is 26.0 Å². The molecule has 8 unspecified atom stereocenters. The van der Waals surface area contributed by atoms with Gasteiger partial charge >= 0.3 is 0 Å². The minimum absolute atomic E-state index is 0.139. The first-order valence-corrected chi connectivity index (χ1v) is 15.9. The van der Waals surface area contributed by atoms with Gasteiger partial charge in [0.2, 0.25) is 0 Å². The lowest BCUT2D eigenvalue weighted by atomic mass is 9.35. The third-order valence-corrected chi connectivity index (χ3v) is 14.4. The summed E-state index contributed by atoms with van der Waals surface area (Å²) in [7, 11) is 0. The van der Waals surface area contributed by atoms with Gasteiger partial charge in [-0.25, -0.2) is 0 Å². The van der Waals surface area contributed by atoms with Gasteiger partial charge in [-0.3, -0.25) is 0 Å². The normalized spacial score (nSPS) is 52.9. The van der Waals surface area contributed by atoms with Gasteiger partial charge in [0.05, 0.1) is 0 Å². The highest BCUT2D eigenvalue weighted by molar-refractivity contribution is 5.20. The molecule has 194 valence electrons. The van der Waals surface area contributed by atoms with Crippen molar-refractivity contribution >= 4 is 0 Å². The lowest BCUT2D eigenvalue weighted by Gasteiger charge is -2.71. The standard InChI is InChI=1S/C33H57N/c1-29(2)17-9-18-30(3)25(29)14-20-31(4)26(30)16-23-33(34)27(31)15-22-32(19-8-12-28(32)33)21-13-24-10-6-5-7-11-24/h24-28H,5-23,34H2,1-4H3. The molecular formula is C33H57N. The molecule has 0 aromatic carbocycles. The second-order valence-corrected chi connectivity index (χ2v) is 16.1. The average molecular weight is 468 g/mol. The first-order chi connectivity index (χ1) is 16.1. The second kappa shape index (κ2) is 8.23. The van der Waals surface area contributed by atoms with E-state index >= 15 is 0 Å². The van der Waals surface area contributed by atoms with E-state index < -0.39 is 0 Å². The number of hydrogen-bond acceptors (Lipinski definition) is 1. The molecule has 6 saturated carbocycles. The van der Waals surface area contributed by atoms with Crippen LogP contribution in [-0.4, -0.2) is 5.54 Å². The summed E-state index contributed by atoms with van der Waals surface area (Å²) >= 11 is 0. The fourth-order valence-corrected chi connectivity index (χ4v) is 13.1. The van der Waals surface area contributed by atoms with Crippen molar-refractivity contribution in [1.29, 1.82) is 0 Å². The molecule has 8 atom stereocenters. The summed E-state index contributed by atoms with van der Waals surface area (Å²) in [6.45, 7) is 10.7. The molecule has 0 aromatic heterocycles. The van der Waals surface area contributed by atoms with E-state index in [4.69, 9.17) is 5.73 Å². The minimum atomic E-state index is 0.139. The Balaban J connectivity index is 1.26. The Bertz CT molecular complexity index is 765. The van der Waals surface area contributed by atoms with Gasteiger partial charge in [-0.1, -0.05) is 72.6 Å². The van der Waals surface area contributed by atoms with Gasteiger partial charge in [-0.2, -0.15) is 0 Å². The largest absolute Gasteiger partial charge is 0.325 e. The Morgan fingerprint density at radius 3 is 2.06 bits per heavy atom. The van der Waals surface area contributed by atoms with E-state index in [1.807, 2.05) is 0 Å². The molecule has 0 radical (unpaired) electrons.